The number of nitrogens with zero attached hydrogens (tertiary/aromatic N) is 1. The highest BCUT2D eigenvalue weighted by Crippen LogP contribution is 2.41. The summed E-state index contributed by atoms with van der Waals surface area (Å²) >= 11 is 0. The number of hydrogen-bond acceptors (Lipinski definition) is 4. The Morgan fingerprint density at radius 1 is 1.09 bits per heavy atom. The maximum Gasteiger partial charge on any atom is 0.161 e. The zero-order chi connectivity index (χ0) is 17.0. The summed E-state index contributed by atoms with van der Waals surface area (Å²) in [6.45, 7) is 8.56. The van der Waals surface area contributed by atoms with E-state index in [-0.39, 0.29) is 6.10 Å². The van der Waals surface area contributed by atoms with E-state index < -0.39 is 0 Å². The molecule has 0 aromatic heterocycles. The summed E-state index contributed by atoms with van der Waals surface area (Å²) in [5.41, 5.74) is 2.62. The van der Waals surface area contributed by atoms with Crippen molar-refractivity contribution in [3.63, 3.8) is 0 Å². The lowest BCUT2D eigenvalue weighted by atomic mass is 9.85. The molecule has 2 aliphatic heterocycles. The molecule has 1 N–H and O–H groups in total. The highest BCUT2D eigenvalue weighted by molar-refractivity contribution is 5.49. The third-order valence-electron chi connectivity index (χ3n) is 4.36. The first kappa shape index (κ1) is 18.1. The Hall–Kier alpha value is -1.26. The second-order valence-electron chi connectivity index (χ2n) is 7.12. The molecule has 1 aromatic carbocycles. The smallest absolute Gasteiger partial charge is 0.161 e. The SMILES string of the molecule is CC(C)C.COc1cc2c(cc1OC)C1C[C@H](O)CCN1CC2. The summed E-state index contributed by atoms with van der Waals surface area (Å²) in [5, 5.41) is 9.92. The molecule has 3 rings (SSSR count). The van der Waals surface area contributed by atoms with Crippen molar-refractivity contribution in [2.24, 2.45) is 5.92 Å². The Morgan fingerprint density at radius 2 is 1.70 bits per heavy atom. The van der Waals surface area contributed by atoms with Crippen LogP contribution in [-0.2, 0) is 6.42 Å². The van der Waals surface area contributed by atoms with Crippen LogP contribution in [0.15, 0.2) is 12.1 Å². The molecule has 0 spiro atoms. The largest absolute Gasteiger partial charge is 0.493 e. The van der Waals surface area contributed by atoms with Crippen molar-refractivity contribution in [1.82, 2.24) is 4.90 Å². The number of piperidine rings is 1. The molecule has 0 aliphatic carbocycles. The molecular formula is C19H31NO3. The van der Waals surface area contributed by atoms with E-state index in [1.807, 2.05) is 0 Å². The predicted molar refractivity (Wildman–Crippen MR) is 93.3 cm³/mol. The monoisotopic (exact) mass is 321 g/mol. The number of aliphatic hydroxyl groups excluding tert-OH is 1. The van der Waals surface area contributed by atoms with Crippen LogP contribution in [-0.4, -0.2) is 43.4 Å². The number of ether oxygens (including phenoxy) is 2. The normalized spacial score (nSPS) is 23.4. The van der Waals surface area contributed by atoms with Crippen LogP contribution in [0, 0.1) is 5.92 Å². The van der Waals surface area contributed by atoms with Crippen molar-refractivity contribution in [1.29, 1.82) is 0 Å². The minimum atomic E-state index is -0.180. The minimum Gasteiger partial charge on any atom is -0.493 e. The fourth-order valence-corrected chi connectivity index (χ4v) is 3.31. The maximum atomic E-state index is 9.92. The van der Waals surface area contributed by atoms with Gasteiger partial charge in [-0.3, -0.25) is 4.90 Å². The average molecular weight is 321 g/mol. The van der Waals surface area contributed by atoms with E-state index >= 15 is 0 Å². The molecule has 2 atom stereocenters. The summed E-state index contributed by atoms with van der Waals surface area (Å²) in [4.78, 5) is 2.47. The van der Waals surface area contributed by atoms with E-state index in [0.29, 0.717) is 6.04 Å². The summed E-state index contributed by atoms with van der Waals surface area (Å²) in [6.07, 6.45) is 2.57. The number of fused-ring (bicyclic) bond motifs is 3. The second-order valence-corrected chi connectivity index (χ2v) is 7.12. The van der Waals surface area contributed by atoms with Gasteiger partial charge in [0, 0.05) is 19.1 Å². The van der Waals surface area contributed by atoms with Crippen LogP contribution < -0.4 is 9.47 Å². The number of aliphatic hydroxyl groups is 1. The number of methoxy groups -OCH3 is 2. The molecule has 1 saturated heterocycles. The molecule has 4 heteroatoms. The van der Waals surface area contributed by atoms with Gasteiger partial charge in [-0.1, -0.05) is 20.8 Å². The molecule has 0 bridgehead atoms. The van der Waals surface area contributed by atoms with Crippen molar-refractivity contribution in [3.8, 4) is 11.5 Å². The molecule has 0 radical (unpaired) electrons. The fraction of sp³-hybridized carbons (Fsp3) is 0.684. The van der Waals surface area contributed by atoms with E-state index in [9.17, 15) is 5.11 Å². The molecule has 1 fully saturated rings. The Kier molecular flexibility index (Phi) is 6.31. The first-order chi connectivity index (χ1) is 11.0. The van der Waals surface area contributed by atoms with Gasteiger partial charge in [0.1, 0.15) is 0 Å². The third-order valence-corrected chi connectivity index (χ3v) is 4.36. The van der Waals surface area contributed by atoms with Crippen molar-refractivity contribution < 1.29 is 14.6 Å². The number of rotatable bonds is 2. The lowest BCUT2D eigenvalue weighted by Gasteiger charge is -2.42. The molecule has 23 heavy (non-hydrogen) atoms. The van der Waals surface area contributed by atoms with Crippen LogP contribution in [0.1, 0.15) is 50.8 Å². The summed E-state index contributed by atoms with van der Waals surface area (Å²) in [7, 11) is 3.34. The second kappa shape index (κ2) is 8.02. The first-order valence-electron chi connectivity index (χ1n) is 8.63. The van der Waals surface area contributed by atoms with Crippen LogP contribution in [0.4, 0.5) is 0 Å². The Labute approximate surface area is 140 Å². The quantitative estimate of drug-likeness (QED) is 0.906. The summed E-state index contributed by atoms with van der Waals surface area (Å²) in [5.74, 6) is 2.41. The zero-order valence-electron chi connectivity index (χ0n) is 15.1. The van der Waals surface area contributed by atoms with Gasteiger partial charge >= 0.3 is 0 Å². The molecule has 0 amide bonds. The van der Waals surface area contributed by atoms with Crippen LogP contribution in [0.25, 0.3) is 0 Å². The van der Waals surface area contributed by atoms with Crippen LogP contribution in [0.2, 0.25) is 0 Å². The van der Waals surface area contributed by atoms with Crippen molar-refractivity contribution >= 4 is 0 Å². The fourth-order valence-electron chi connectivity index (χ4n) is 3.31. The number of benzene rings is 1. The van der Waals surface area contributed by atoms with E-state index in [0.717, 1.165) is 49.8 Å². The third kappa shape index (κ3) is 4.39. The Bertz CT molecular complexity index is 513. The maximum absolute atomic E-state index is 9.92. The van der Waals surface area contributed by atoms with Gasteiger partial charge in [0.2, 0.25) is 0 Å². The lowest BCUT2D eigenvalue weighted by Crippen LogP contribution is -2.42. The van der Waals surface area contributed by atoms with E-state index in [1.165, 1.54) is 11.1 Å². The standard InChI is InChI=1S/C15H21NO3.C4H10/c1-18-14-7-10-3-5-16-6-4-11(17)8-13(16)12(10)9-15(14)19-2;1-4(2)3/h7,9,11,13,17H,3-6,8H2,1-2H3;4H,1-3H3/t11-,13?;/m1./s1. The van der Waals surface area contributed by atoms with Gasteiger partial charge in [0.05, 0.1) is 20.3 Å². The van der Waals surface area contributed by atoms with E-state index in [1.54, 1.807) is 14.2 Å². The molecule has 1 unspecified atom stereocenters. The van der Waals surface area contributed by atoms with Gasteiger partial charge in [0.25, 0.3) is 0 Å². The van der Waals surface area contributed by atoms with Gasteiger partial charge < -0.3 is 14.6 Å². The molecule has 4 nitrogen and oxygen atoms in total. The van der Waals surface area contributed by atoms with Crippen LogP contribution >= 0.6 is 0 Å². The van der Waals surface area contributed by atoms with Gasteiger partial charge in [-0.25, -0.2) is 0 Å². The molecule has 0 saturated carbocycles. The molecule has 1 aromatic rings. The van der Waals surface area contributed by atoms with Gasteiger partial charge in [-0.05, 0) is 48.4 Å². The van der Waals surface area contributed by atoms with Gasteiger partial charge in [-0.15, -0.1) is 0 Å². The molecule has 2 aliphatic rings. The van der Waals surface area contributed by atoms with Crippen LogP contribution in [0.3, 0.4) is 0 Å². The molecular weight excluding hydrogens is 290 g/mol. The van der Waals surface area contributed by atoms with Crippen molar-refractivity contribution in [2.75, 3.05) is 27.3 Å². The molecule has 130 valence electrons. The Balaban J connectivity index is 0.000000433. The highest BCUT2D eigenvalue weighted by atomic mass is 16.5. The van der Waals surface area contributed by atoms with Crippen molar-refractivity contribution in [2.45, 2.75) is 52.2 Å². The lowest BCUT2D eigenvalue weighted by molar-refractivity contribution is 0.0359. The van der Waals surface area contributed by atoms with E-state index in [2.05, 4.69) is 37.8 Å². The first-order valence-corrected chi connectivity index (χ1v) is 8.63. The summed E-state index contributed by atoms with van der Waals surface area (Å²) in [6, 6.07) is 4.50. The van der Waals surface area contributed by atoms with Gasteiger partial charge in [-0.2, -0.15) is 0 Å². The van der Waals surface area contributed by atoms with Crippen molar-refractivity contribution in [3.05, 3.63) is 23.3 Å². The zero-order valence-corrected chi connectivity index (χ0v) is 15.1. The van der Waals surface area contributed by atoms with Crippen LogP contribution in [0.5, 0.6) is 11.5 Å². The highest BCUT2D eigenvalue weighted by Gasteiger charge is 2.33. The average Bonchev–Trinajstić information content (AvgIpc) is 2.52. The summed E-state index contributed by atoms with van der Waals surface area (Å²) < 4.78 is 10.8. The van der Waals surface area contributed by atoms with Gasteiger partial charge in [0.15, 0.2) is 11.5 Å². The van der Waals surface area contributed by atoms with E-state index in [4.69, 9.17) is 9.47 Å². The minimum absolute atomic E-state index is 0.180. The number of hydrogen-bond donors (Lipinski definition) is 1. The predicted octanol–water partition coefficient (Wildman–Crippen LogP) is 3.42. The topological polar surface area (TPSA) is 41.9 Å². The Morgan fingerprint density at radius 3 is 2.30 bits per heavy atom. The molecule has 2 heterocycles.